The average Bonchev–Trinajstić information content (AvgIpc) is 2.80. The lowest BCUT2D eigenvalue weighted by molar-refractivity contribution is -0.145. The maximum absolute atomic E-state index is 12.2. The molecule has 2 nitrogen and oxygen atoms in total. The van der Waals surface area contributed by atoms with Crippen molar-refractivity contribution in [1.82, 2.24) is 0 Å². The van der Waals surface area contributed by atoms with E-state index in [0.29, 0.717) is 18.9 Å². The van der Waals surface area contributed by atoms with Crippen LogP contribution in [-0.4, -0.2) is 12.6 Å². The number of ether oxygens (including phenoxy) is 1. The second kappa shape index (κ2) is 26.7. The van der Waals surface area contributed by atoms with Gasteiger partial charge in [-0.2, -0.15) is 0 Å². The largest absolute Gasteiger partial charge is 0.465 e. The van der Waals surface area contributed by atoms with Gasteiger partial charge in [-0.3, -0.25) is 4.79 Å². The molecule has 0 amide bonds. The summed E-state index contributed by atoms with van der Waals surface area (Å²) in [6.45, 7) is 7.47. The number of rotatable bonds is 26. The van der Waals surface area contributed by atoms with E-state index >= 15 is 0 Å². The number of esters is 1. The van der Waals surface area contributed by atoms with Crippen molar-refractivity contribution >= 4 is 5.97 Å². The summed E-state index contributed by atoms with van der Waals surface area (Å²) in [6.07, 6.45) is 31.1. The highest BCUT2D eigenvalue weighted by Crippen LogP contribution is 2.19. The molecule has 0 bridgehead atoms. The molecule has 0 saturated heterocycles. The van der Waals surface area contributed by atoms with Crippen LogP contribution in [0, 0.1) is 5.92 Å². The van der Waals surface area contributed by atoms with Crippen LogP contribution in [0.5, 0.6) is 0 Å². The van der Waals surface area contributed by atoms with Gasteiger partial charge in [0, 0.05) is 6.42 Å². The molecule has 1 unspecified atom stereocenters. The van der Waals surface area contributed by atoms with Crippen LogP contribution in [0.4, 0.5) is 0 Å². The summed E-state index contributed by atoms with van der Waals surface area (Å²) in [7, 11) is 0. The predicted octanol–water partition coefficient (Wildman–Crippen LogP) is 10.6. The third-order valence-corrected chi connectivity index (χ3v) is 6.90. The topological polar surface area (TPSA) is 26.3 Å². The third kappa shape index (κ3) is 24.1. The highest BCUT2D eigenvalue weighted by molar-refractivity contribution is 5.69. The lowest BCUT2D eigenvalue weighted by Crippen LogP contribution is -2.14. The van der Waals surface area contributed by atoms with Gasteiger partial charge in [-0.05, 0) is 25.2 Å². The fourth-order valence-electron chi connectivity index (χ4n) is 4.60. The van der Waals surface area contributed by atoms with Gasteiger partial charge in [0.2, 0.25) is 0 Å². The van der Waals surface area contributed by atoms with E-state index in [1.54, 1.807) is 0 Å². The molecule has 0 aromatic carbocycles. The molecular weight excluding hydrogens is 392 g/mol. The number of carbonyl (C=O) groups excluding carboxylic acids is 1. The van der Waals surface area contributed by atoms with E-state index in [9.17, 15) is 4.79 Å². The van der Waals surface area contributed by atoms with Gasteiger partial charge in [0.15, 0.2) is 0 Å². The van der Waals surface area contributed by atoms with Crippen molar-refractivity contribution in [2.24, 2.45) is 5.92 Å². The van der Waals surface area contributed by atoms with E-state index in [2.05, 4.69) is 20.8 Å². The van der Waals surface area contributed by atoms with Gasteiger partial charge in [-0.1, -0.05) is 149 Å². The van der Waals surface area contributed by atoms with Gasteiger partial charge >= 0.3 is 5.97 Å². The van der Waals surface area contributed by atoms with Gasteiger partial charge in [-0.15, -0.1) is 0 Å². The molecule has 0 aromatic heterocycles. The molecule has 0 aliphatic rings. The Labute approximate surface area is 203 Å². The molecular formula is C30H60O2. The summed E-state index contributed by atoms with van der Waals surface area (Å²) in [5.41, 5.74) is 0. The predicted molar refractivity (Wildman–Crippen MR) is 142 cm³/mol. The number of carbonyl (C=O) groups is 1. The normalized spacial score (nSPS) is 12.2. The van der Waals surface area contributed by atoms with Gasteiger partial charge in [0.25, 0.3) is 0 Å². The molecule has 0 radical (unpaired) electrons. The van der Waals surface area contributed by atoms with Crippen molar-refractivity contribution in [3.8, 4) is 0 Å². The Bertz CT molecular complexity index is 366. The average molecular weight is 453 g/mol. The van der Waals surface area contributed by atoms with Crippen molar-refractivity contribution in [2.75, 3.05) is 6.61 Å². The van der Waals surface area contributed by atoms with Gasteiger partial charge in [0.05, 0.1) is 6.61 Å². The molecule has 1 atom stereocenters. The monoisotopic (exact) mass is 452 g/mol. The summed E-state index contributed by atoms with van der Waals surface area (Å²) < 4.78 is 5.68. The first-order valence-corrected chi connectivity index (χ1v) is 14.9. The maximum atomic E-state index is 12.2. The zero-order valence-corrected chi connectivity index (χ0v) is 22.6. The van der Waals surface area contributed by atoms with E-state index in [1.165, 1.54) is 141 Å². The van der Waals surface area contributed by atoms with E-state index in [1.807, 2.05) is 0 Å². The Morgan fingerprint density at radius 2 is 0.844 bits per heavy atom. The van der Waals surface area contributed by atoms with Crippen LogP contribution >= 0.6 is 0 Å². The first kappa shape index (κ1) is 31.5. The van der Waals surface area contributed by atoms with Crippen LogP contribution < -0.4 is 0 Å². The van der Waals surface area contributed by atoms with E-state index < -0.39 is 0 Å². The molecule has 0 N–H and O–H groups in total. The molecule has 2 heteroatoms. The lowest BCUT2D eigenvalue weighted by atomic mass is 9.95. The molecule has 0 rings (SSSR count). The number of hydrogen-bond donors (Lipinski definition) is 0. The molecule has 0 aromatic rings. The number of hydrogen-bond acceptors (Lipinski definition) is 2. The third-order valence-electron chi connectivity index (χ3n) is 6.90. The summed E-state index contributed by atoms with van der Waals surface area (Å²) in [5.74, 6) is 0.623. The van der Waals surface area contributed by atoms with Gasteiger partial charge < -0.3 is 4.74 Å². The molecule has 32 heavy (non-hydrogen) atoms. The first-order chi connectivity index (χ1) is 15.7. The van der Waals surface area contributed by atoms with Gasteiger partial charge in [-0.25, -0.2) is 0 Å². The Kier molecular flexibility index (Phi) is 26.3. The summed E-state index contributed by atoms with van der Waals surface area (Å²) >= 11 is 0. The lowest BCUT2D eigenvalue weighted by Gasteiger charge is -2.17. The minimum Gasteiger partial charge on any atom is -0.465 e. The summed E-state index contributed by atoms with van der Waals surface area (Å²) in [4.78, 5) is 12.2. The Balaban J connectivity index is 3.62. The van der Waals surface area contributed by atoms with Crippen LogP contribution in [0.15, 0.2) is 0 Å². The van der Waals surface area contributed by atoms with Crippen LogP contribution in [0.1, 0.15) is 175 Å². The van der Waals surface area contributed by atoms with Crippen LogP contribution in [0.2, 0.25) is 0 Å². The van der Waals surface area contributed by atoms with Crippen molar-refractivity contribution in [3.63, 3.8) is 0 Å². The van der Waals surface area contributed by atoms with Gasteiger partial charge in [0.1, 0.15) is 0 Å². The smallest absolute Gasteiger partial charge is 0.305 e. The highest BCUT2D eigenvalue weighted by Gasteiger charge is 2.12. The molecule has 0 spiro atoms. The minimum absolute atomic E-state index is 0.0412. The van der Waals surface area contributed by atoms with Crippen molar-refractivity contribution in [2.45, 2.75) is 175 Å². The molecule has 0 saturated carbocycles. The van der Waals surface area contributed by atoms with Crippen molar-refractivity contribution in [1.29, 1.82) is 0 Å². The standard InChI is InChI=1S/C30H60O2/c1-4-7-10-12-13-14-15-16-17-18-19-21-24-27-30(31)32-28-29(25-22-9-6-3)26-23-20-11-8-5-2/h29H,4-28H2,1-3H3. The van der Waals surface area contributed by atoms with Crippen LogP contribution in [-0.2, 0) is 9.53 Å². The second-order valence-electron chi connectivity index (χ2n) is 10.2. The Morgan fingerprint density at radius 1 is 0.500 bits per heavy atom. The maximum Gasteiger partial charge on any atom is 0.305 e. The van der Waals surface area contributed by atoms with Crippen LogP contribution in [0.3, 0.4) is 0 Å². The minimum atomic E-state index is 0.0412. The second-order valence-corrected chi connectivity index (χ2v) is 10.2. The first-order valence-electron chi connectivity index (χ1n) is 14.9. The van der Waals surface area contributed by atoms with Crippen molar-refractivity contribution < 1.29 is 9.53 Å². The molecule has 0 fully saturated rings. The van der Waals surface area contributed by atoms with Crippen molar-refractivity contribution in [3.05, 3.63) is 0 Å². The van der Waals surface area contributed by atoms with E-state index in [4.69, 9.17) is 4.74 Å². The Hall–Kier alpha value is -0.530. The van der Waals surface area contributed by atoms with Crippen LogP contribution in [0.25, 0.3) is 0 Å². The summed E-state index contributed by atoms with van der Waals surface area (Å²) in [6, 6.07) is 0. The van der Waals surface area contributed by atoms with E-state index in [0.717, 1.165) is 6.42 Å². The quantitative estimate of drug-likeness (QED) is 0.0963. The SMILES string of the molecule is CCCCCCCCCCCCCCCC(=O)OCC(CCCCC)CCCCCCC. The zero-order chi connectivity index (χ0) is 23.5. The molecule has 192 valence electrons. The molecule has 0 heterocycles. The summed E-state index contributed by atoms with van der Waals surface area (Å²) in [5, 5.41) is 0. The molecule has 0 aliphatic carbocycles. The van der Waals surface area contributed by atoms with E-state index in [-0.39, 0.29) is 5.97 Å². The number of unbranched alkanes of at least 4 members (excludes halogenated alkanes) is 18. The highest BCUT2D eigenvalue weighted by atomic mass is 16.5. The zero-order valence-electron chi connectivity index (χ0n) is 22.6. The Morgan fingerprint density at radius 3 is 1.31 bits per heavy atom. The fraction of sp³-hybridized carbons (Fsp3) is 0.967. The fourth-order valence-corrected chi connectivity index (χ4v) is 4.60. The molecule has 0 aliphatic heterocycles.